The number of carbonyl (C=O) groups is 2. The van der Waals surface area contributed by atoms with Crippen LogP contribution in [0.2, 0.25) is 0 Å². The van der Waals surface area contributed by atoms with Gasteiger partial charge in [0.2, 0.25) is 5.78 Å². The van der Waals surface area contributed by atoms with E-state index in [9.17, 15) is 9.59 Å². The molecule has 0 spiro atoms. The fourth-order valence-corrected chi connectivity index (χ4v) is 2.30. The molecule has 2 aromatic rings. The Bertz CT molecular complexity index is 675. The van der Waals surface area contributed by atoms with Crippen molar-refractivity contribution in [1.82, 2.24) is 4.98 Å². The third-order valence-corrected chi connectivity index (χ3v) is 3.28. The molecule has 1 aliphatic carbocycles. The number of carbonyl (C=O) groups excluding carboxylic acids is 2. The first-order valence-corrected chi connectivity index (χ1v) is 5.97. The molecule has 0 aliphatic heterocycles. The van der Waals surface area contributed by atoms with E-state index in [1.165, 1.54) is 32.5 Å². The van der Waals surface area contributed by atoms with Gasteiger partial charge in [0.1, 0.15) is 5.69 Å². The molecule has 3 rings (SSSR count). The monoisotopic (exact) mass is 269 g/mol. The van der Waals surface area contributed by atoms with Crippen LogP contribution >= 0.6 is 0 Å². The Balaban J connectivity index is 2.28. The largest absolute Gasteiger partial charge is 0.493 e. The number of benzene rings is 1. The molecule has 0 atom stereocenters. The van der Waals surface area contributed by atoms with Crippen molar-refractivity contribution in [3.8, 4) is 11.5 Å². The molecule has 1 aromatic heterocycles. The standard InChI is InChI=1S/C15H11NO4/c1-19-11-6-9-10(7-12(11)20-2)15(18)13-8(14(9)17)4-3-5-16-13/h3-7H,1-2H3. The summed E-state index contributed by atoms with van der Waals surface area (Å²) in [7, 11) is 2.96. The summed E-state index contributed by atoms with van der Waals surface area (Å²) >= 11 is 0. The maximum atomic E-state index is 12.4. The van der Waals surface area contributed by atoms with Crippen LogP contribution in [0.25, 0.3) is 0 Å². The fourth-order valence-electron chi connectivity index (χ4n) is 2.30. The van der Waals surface area contributed by atoms with Gasteiger partial charge in [0.15, 0.2) is 17.3 Å². The number of nitrogens with zero attached hydrogens (tertiary/aromatic N) is 1. The van der Waals surface area contributed by atoms with Crippen LogP contribution in [0.3, 0.4) is 0 Å². The van der Waals surface area contributed by atoms with Gasteiger partial charge in [-0.15, -0.1) is 0 Å². The molecule has 5 heteroatoms. The molecule has 5 nitrogen and oxygen atoms in total. The third kappa shape index (κ3) is 1.60. The minimum atomic E-state index is -0.281. The van der Waals surface area contributed by atoms with Crippen molar-refractivity contribution < 1.29 is 19.1 Å². The zero-order valence-electron chi connectivity index (χ0n) is 11.0. The lowest BCUT2D eigenvalue weighted by atomic mass is 9.86. The number of hydrogen-bond donors (Lipinski definition) is 0. The number of methoxy groups -OCH3 is 2. The average molecular weight is 269 g/mol. The molecule has 0 bridgehead atoms. The predicted octanol–water partition coefficient (Wildman–Crippen LogP) is 1.87. The zero-order chi connectivity index (χ0) is 14.3. The number of fused-ring (bicyclic) bond motifs is 2. The lowest BCUT2D eigenvalue weighted by Crippen LogP contribution is -2.22. The normalized spacial score (nSPS) is 12.7. The lowest BCUT2D eigenvalue weighted by molar-refractivity contribution is 0.0974. The SMILES string of the molecule is COc1cc2c(cc1OC)C(=O)c1ncccc1C2=O. The second kappa shape index (κ2) is 4.45. The Morgan fingerprint density at radius 2 is 1.50 bits per heavy atom. The summed E-state index contributed by atoms with van der Waals surface area (Å²) in [6.07, 6.45) is 1.50. The van der Waals surface area contributed by atoms with Crippen molar-refractivity contribution in [3.63, 3.8) is 0 Å². The van der Waals surface area contributed by atoms with Crippen molar-refractivity contribution in [1.29, 1.82) is 0 Å². The van der Waals surface area contributed by atoms with Gasteiger partial charge in [-0.2, -0.15) is 0 Å². The molecule has 0 amide bonds. The van der Waals surface area contributed by atoms with E-state index in [1.807, 2.05) is 0 Å². The number of ether oxygens (including phenoxy) is 2. The fraction of sp³-hybridized carbons (Fsp3) is 0.133. The van der Waals surface area contributed by atoms with Gasteiger partial charge in [-0.25, -0.2) is 0 Å². The Morgan fingerprint density at radius 3 is 2.10 bits per heavy atom. The molecule has 0 N–H and O–H groups in total. The Morgan fingerprint density at radius 1 is 0.900 bits per heavy atom. The summed E-state index contributed by atoms with van der Waals surface area (Å²) in [5.74, 6) is 0.311. The van der Waals surface area contributed by atoms with Gasteiger partial charge >= 0.3 is 0 Å². The van der Waals surface area contributed by atoms with Crippen molar-refractivity contribution in [2.45, 2.75) is 0 Å². The summed E-state index contributed by atoms with van der Waals surface area (Å²) in [5.41, 5.74) is 1.10. The topological polar surface area (TPSA) is 65.5 Å². The zero-order valence-corrected chi connectivity index (χ0v) is 11.0. The number of rotatable bonds is 2. The van der Waals surface area contributed by atoms with Gasteiger partial charge in [0.05, 0.1) is 19.8 Å². The van der Waals surface area contributed by atoms with Crippen molar-refractivity contribution in [2.24, 2.45) is 0 Å². The molecule has 0 unspecified atom stereocenters. The van der Waals surface area contributed by atoms with E-state index in [2.05, 4.69) is 4.98 Å². The molecule has 0 saturated carbocycles. The maximum Gasteiger partial charge on any atom is 0.212 e. The maximum absolute atomic E-state index is 12.4. The van der Waals surface area contributed by atoms with Crippen LogP contribution in [0.5, 0.6) is 11.5 Å². The Kier molecular flexibility index (Phi) is 2.75. The highest BCUT2D eigenvalue weighted by Gasteiger charge is 2.32. The number of aromatic nitrogens is 1. The molecule has 20 heavy (non-hydrogen) atoms. The van der Waals surface area contributed by atoms with Crippen molar-refractivity contribution in [3.05, 3.63) is 52.8 Å². The third-order valence-electron chi connectivity index (χ3n) is 3.28. The van der Waals surface area contributed by atoms with E-state index >= 15 is 0 Å². The van der Waals surface area contributed by atoms with E-state index in [0.717, 1.165) is 0 Å². The first-order chi connectivity index (χ1) is 9.67. The molecule has 0 fully saturated rings. The number of ketones is 2. The first kappa shape index (κ1) is 12.3. The van der Waals surface area contributed by atoms with E-state index in [0.29, 0.717) is 28.2 Å². The molecular weight excluding hydrogens is 258 g/mol. The first-order valence-electron chi connectivity index (χ1n) is 5.97. The minimum Gasteiger partial charge on any atom is -0.493 e. The van der Waals surface area contributed by atoms with Gasteiger partial charge in [0, 0.05) is 17.3 Å². The average Bonchev–Trinajstić information content (AvgIpc) is 2.51. The lowest BCUT2D eigenvalue weighted by Gasteiger charge is -2.18. The van der Waals surface area contributed by atoms with Gasteiger partial charge in [0.25, 0.3) is 0 Å². The molecule has 1 aromatic carbocycles. The quantitative estimate of drug-likeness (QED) is 0.710. The Labute approximate surface area is 115 Å². The molecular formula is C15H11NO4. The molecule has 1 aliphatic rings. The second-order valence-corrected chi connectivity index (χ2v) is 4.31. The summed E-state index contributed by atoms with van der Waals surface area (Å²) < 4.78 is 10.3. The highest BCUT2D eigenvalue weighted by Crippen LogP contribution is 2.35. The summed E-state index contributed by atoms with van der Waals surface area (Å²) in [6.45, 7) is 0. The van der Waals surface area contributed by atoms with Crippen LogP contribution in [0.15, 0.2) is 30.5 Å². The van der Waals surface area contributed by atoms with Crippen LogP contribution in [-0.2, 0) is 0 Å². The molecule has 0 radical (unpaired) electrons. The smallest absolute Gasteiger partial charge is 0.212 e. The summed E-state index contributed by atoms with van der Waals surface area (Å²) in [6, 6.07) is 6.29. The highest BCUT2D eigenvalue weighted by molar-refractivity contribution is 6.27. The molecule has 1 heterocycles. The van der Waals surface area contributed by atoms with Crippen LogP contribution in [0.1, 0.15) is 32.0 Å². The van der Waals surface area contributed by atoms with Crippen LogP contribution in [-0.4, -0.2) is 30.8 Å². The predicted molar refractivity (Wildman–Crippen MR) is 70.6 cm³/mol. The van der Waals surface area contributed by atoms with Crippen molar-refractivity contribution >= 4 is 11.6 Å². The van der Waals surface area contributed by atoms with Crippen LogP contribution in [0, 0.1) is 0 Å². The van der Waals surface area contributed by atoms with Crippen LogP contribution in [0.4, 0.5) is 0 Å². The highest BCUT2D eigenvalue weighted by atomic mass is 16.5. The van der Waals surface area contributed by atoms with E-state index < -0.39 is 0 Å². The molecule has 0 saturated heterocycles. The Hall–Kier alpha value is -2.69. The second-order valence-electron chi connectivity index (χ2n) is 4.31. The van der Waals surface area contributed by atoms with Crippen LogP contribution < -0.4 is 9.47 Å². The minimum absolute atomic E-state index is 0.178. The van der Waals surface area contributed by atoms with E-state index in [-0.39, 0.29) is 17.3 Å². The van der Waals surface area contributed by atoms with E-state index in [1.54, 1.807) is 12.1 Å². The van der Waals surface area contributed by atoms with Gasteiger partial charge in [-0.05, 0) is 24.3 Å². The van der Waals surface area contributed by atoms with Gasteiger partial charge < -0.3 is 9.47 Å². The number of pyridine rings is 1. The summed E-state index contributed by atoms with van der Waals surface area (Å²) in [4.78, 5) is 28.8. The van der Waals surface area contributed by atoms with Gasteiger partial charge in [-0.1, -0.05) is 0 Å². The van der Waals surface area contributed by atoms with E-state index in [4.69, 9.17) is 9.47 Å². The molecule has 100 valence electrons. The number of hydrogen-bond acceptors (Lipinski definition) is 5. The summed E-state index contributed by atoms with van der Waals surface area (Å²) in [5, 5.41) is 0. The van der Waals surface area contributed by atoms with Crippen molar-refractivity contribution in [2.75, 3.05) is 14.2 Å². The van der Waals surface area contributed by atoms with Gasteiger partial charge in [-0.3, -0.25) is 14.6 Å².